The fourth-order valence-electron chi connectivity index (χ4n) is 4.79. The Morgan fingerprint density at radius 2 is 1.83 bits per heavy atom. The molecule has 0 aliphatic carbocycles. The van der Waals surface area contributed by atoms with E-state index in [0.717, 1.165) is 31.0 Å². The van der Waals surface area contributed by atoms with Gasteiger partial charge in [-0.25, -0.2) is 0 Å². The number of ether oxygens (including phenoxy) is 4. The van der Waals surface area contributed by atoms with E-state index < -0.39 is 0 Å². The first-order valence-corrected chi connectivity index (χ1v) is 14.5. The molecule has 2 N–H and O–H groups in total. The number of anilines is 1. The van der Waals surface area contributed by atoms with Gasteiger partial charge in [-0.15, -0.1) is 10.2 Å². The van der Waals surface area contributed by atoms with Crippen LogP contribution in [0.25, 0.3) is 0 Å². The minimum atomic E-state index is -0.0820. The van der Waals surface area contributed by atoms with Gasteiger partial charge in [0.1, 0.15) is 12.2 Å². The zero-order valence-corrected chi connectivity index (χ0v) is 24.3. The molecule has 1 saturated heterocycles. The van der Waals surface area contributed by atoms with Gasteiger partial charge >= 0.3 is 0 Å². The van der Waals surface area contributed by atoms with Crippen molar-refractivity contribution in [1.82, 2.24) is 25.4 Å². The number of aryl methyl sites for hydroxylation is 1. The fourth-order valence-corrected chi connectivity index (χ4v) is 4.79. The highest BCUT2D eigenvalue weighted by atomic mass is 16.5. The number of hydrogen-bond acceptors (Lipinski definition) is 9. The van der Waals surface area contributed by atoms with Crippen LogP contribution in [0.3, 0.4) is 0 Å². The van der Waals surface area contributed by atoms with Crippen LogP contribution in [0.1, 0.15) is 24.7 Å². The first-order chi connectivity index (χ1) is 20.1. The van der Waals surface area contributed by atoms with E-state index in [-0.39, 0.29) is 17.4 Å². The summed E-state index contributed by atoms with van der Waals surface area (Å²) < 4.78 is 24.3. The van der Waals surface area contributed by atoms with Crippen molar-refractivity contribution in [1.29, 1.82) is 0 Å². The van der Waals surface area contributed by atoms with Gasteiger partial charge < -0.3 is 39.0 Å². The highest BCUT2D eigenvalue weighted by Gasteiger charge is 2.42. The van der Waals surface area contributed by atoms with E-state index in [2.05, 4.69) is 74.4 Å². The molecule has 224 valence electrons. The van der Waals surface area contributed by atoms with E-state index in [0.29, 0.717) is 65.8 Å². The molecule has 0 saturated carbocycles. The SMILES string of the molecule is CCC(=O)NCCOCCOCCOCCNCC1C=CC=CN1c1cccc(C2(Cc3nncn3C)COC2)c1. The van der Waals surface area contributed by atoms with Crippen molar-refractivity contribution in [3.8, 4) is 0 Å². The van der Waals surface area contributed by atoms with Crippen LogP contribution >= 0.6 is 0 Å². The Kier molecular flexibility index (Phi) is 12.3. The second-order valence-electron chi connectivity index (χ2n) is 10.3. The number of aromatic nitrogens is 3. The van der Waals surface area contributed by atoms with Gasteiger partial charge in [0.15, 0.2) is 0 Å². The summed E-state index contributed by atoms with van der Waals surface area (Å²) in [6, 6.07) is 8.97. The van der Waals surface area contributed by atoms with Crippen LogP contribution in [-0.2, 0) is 42.6 Å². The van der Waals surface area contributed by atoms with Gasteiger partial charge in [-0.05, 0) is 23.8 Å². The quantitative estimate of drug-likeness (QED) is 0.245. The molecule has 4 rings (SSSR count). The summed E-state index contributed by atoms with van der Waals surface area (Å²) in [5.74, 6) is 1.00. The molecule has 2 aliphatic rings. The molecule has 1 aromatic carbocycles. The summed E-state index contributed by atoms with van der Waals surface area (Å²) in [6.45, 7) is 8.47. The third kappa shape index (κ3) is 9.20. The van der Waals surface area contributed by atoms with Gasteiger partial charge in [0, 0.05) is 56.8 Å². The largest absolute Gasteiger partial charge is 0.379 e. The zero-order valence-electron chi connectivity index (χ0n) is 24.3. The van der Waals surface area contributed by atoms with E-state index in [1.54, 1.807) is 6.33 Å². The van der Waals surface area contributed by atoms with Crippen molar-refractivity contribution in [3.05, 3.63) is 66.4 Å². The summed E-state index contributed by atoms with van der Waals surface area (Å²) in [5, 5.41) is 14.7. The summed E-state index contributed by atoms with van der Waals surface area (Å²) in [6.07, 6.45) is 11.6. The van der Waals surface area contributed by atoms with E-state index in [9.17, 15) is 4.79 Å². The molecule has 3 heterocycles. The average Bonchev–Trinajstić information content (AvgIpc) is 3.39. The molecular formula is C30H44N6O5. The van der Waals surface area contributed by atoms with Crippen LogP contribution in [0, 0.1) is 0 Å². The van der Waals surface area contributed by atoms with Crippen LogP contribution in [0.2, 0.25) is 0 Å². The molecule has 1 unspecified atom stereocenters. The van der Waals surface area contributed by atoms with Crippen molar-refractivity contribution >= 4 is 11.6 Å². The molecule has 1 atom stereocenters. The lowest BCUT2D eigenvalue weighted by atomic mass is 9.75. The monoisotopic (exact) mass is 568 g/mol. The molecule has 0 spiro atoms. The minimum Gasteiger partial charge on any atom is -0.379 e. The van der Waals surface area contributed by atoms with Crippen molar-refractivity contribution in [2.75, 3.05) is 77.4 Å². The maximum atomic E-state index is 11.1. The number of allylic oxidation sites excluding steroid dienone is 2. The smallest absolute Gasteiger partial charge is 0.219 e. The Labute approximate surface area is 242 Å². The Hall–Kier alpha value is -3.09. The third-order valence-electron chi connectivity index (χ3n) is 7.27. The van der Waals surface area contributed by atoms with E-state index in [4.69, 9.17) is 18.9 Å². The molecule has 2 aliphatic heterocycles. The summed E-state index contributed by atoms with van der Waals surface area (Å²) in [4.78, 5) is 13.4. The molecule has 1 amide bonds. The predicted molar refractivity (Wildman–Crippen MR) is 157 cm³/mol. The van der Waals surface area contributed by atoms with Crippen molar-refractivity contribution in [2.24, 2.45) is 7.05 Å². The number of hydrogen-bond donors (Lipinski definition) is 2. The normalized spacial score (nSPS) is 17.5. The highest BCUT2D eigenvalue weighted by molar-refractivity contribution is 5.75. The molecular weight excluding hydrogens is 524 g/mol. The predicted octanol–water partition coefficient (Wildman–Crippen LogP) is 1.75. The Morgan fingerprint density at radius 3 is 2.51 bits per heavy atom. The van der Waals surface area contributed by atoms with Crippen molar-refractivity contribution in [2.45, 2.75) is 31.2 Å². The van der Waals surface area contributed by atoms with E-state index in [1.807, 2.05) is 18.5 Å². The highest BCUT2D eigenvalue weighted by Crippen LogP contribution is 2.37. The number of rotatable bonds is 19. The molecule has 0 bridgehead atoms. The lowest BCUT2D eigenvalue weighted by Crippen LogP contribution is -2.49. The summed E-state index contributed by atoms with van der Waals surface area (Å²) in [5.41, 5.74) is 2.34. The second-order valence-corrected chi connectivity index (χ2v) is 10.3. The van der Waals surface area contributed by atoms with Gasteiger partial charge in [-0.3, -0.25) is 4.79 Å². The first-order valence-electron chi connectivity index (χ1n) is 14.5. The number of nitrogens with one attached hydrogen (secondary N) is 2. The zero-order chi connectivity index (χ0) is 28.8. The van der Waals surface area contributed by atoms with Crippen LogP contribution < -0.4 is 15.5 Å². The topological polar surface area (TPSA) is 112 Å². The fraction of sp³-hybridized carbons (Fsp3) is 0.567. The van der Waals surface area contributed by atoms with Crippen molar-refractivity contribution < 1.29 is 23.7 Å². The average molecular weight is 569 g/mol. The number of amides is 1. The summed E-state index contributed by atoms with van der Waals surface area (Å²) in [7, 11) is 1.98. The van der Waals surface area contributed by atoms with Gasteiger partial charge in [0.25, 0.3) is 0 Å². The molecule has 2 aromatic rings. The first kappa shape index (κ1) is 30.9. The lowest BCUT2D eigenvalue weighted by Gasteiger charge is -2.42. The number of nitrogens with zero attached hydrogens (tertiary/aromatic N) is 4. The van der Waals surface area contributed by atoms with Crippen LogP contribution in [0.4, 0.5) is 5.69 Å². The second kappa shape index (κ2) is 16.4. The maximum absolute atomic E-state index is 11.1. The van der Waals surface area contributed by atoms with Crippen LogP contribution in [-0.4, -0.2) is 99.2 Å². The van der Waals surface area contributed by atoms with Crippen LogP contribution in [0.5, 0.6) is 0 Å². The number of benzene rings is 1. The van der Waals surface area contributed by atoms with Gasteiger partial charge in [0.05, 0.1) is 58.9 Å². The molecule has 1 aromatic heterocycles. The van der Waals surface area contributed by atoms with E-state index in [1.165, 1.54) is 5.56 Å². The number of carbonyl (C=O) groups is 1. The molecule has 11 heteroatoms. The maximum Gasteiger partial charge on any atom is 0.219 e. The number of carbonyl (C=O) groups excluding carboxylic acids is 1. The van der Waals surface area contributed by atoms with Gasteiger partial charge in [0.2, 0.25) is 5.91 Å². The third-order valence-corrected chi connectivity index (χ3v) is 7.27. The minimum absolute atomic E-state index is 0.0368. The van der Waals surface area contributed by atoms with Crippen LogP contribution in [0.15, 0.2) is 55.0 Å². The Bertz CT molecular complexity index is 1130. The van der Waals surface area contributed by atoms with Gasteiger partial charge in [-0.1, -0.05) is 31.2 Å². The lowest BCUT2D eigenvalue weighted by molar-refractivity contribution is -0.121. The Morgan fingerprint density at radius 1 is 1.07 bits per heavy atom. The molecule has 41 heavy (non-hydrogen) atoms. The van der Waals surface area contributed by atoms with E-state index >= 15 is 0 Å². The van der Waals surface area contributed by atoms with Crippen molar-refractivity contribution in [3.63, 3.8) is 0 Å². The van der Waals surface area contributed by atoms with Gasteiger partial charge in [-0.2, -0.15) is 0 Å². The molecule has 0 radical (unpaired) electrons. The standard InChI is InChI=1S/C30H44N6O5/c1-3-29(37)32-11-14-39-16-18-40-17-15-38-13-10-31-21-27-8-4-5-12-36(27)26-9-6-7-25(19-26)30(22-41-23-30)20-28-34-33-24-35(28)2/h4-9,12,19,24,27,31H,3,10-11,13-18,20-23H2,1-2H3,(H,32,37). The molecule has 11 nitrogen and oxygen atoms in total. The Balaban J connectivity index is 1.13. The summed E-state index contributed by atoms with van der Waals surface area (Å²) >= 11 is 0. The molecule has 1 fully saturated rings.